The van der Waals surface area contributed by atoms with Crippen LogP contribution >= 0.6 is 0 Å². The first-order valence-corrected chi connectivity index (χ1v) is 7.89. The zero-order valence-corrected chi connectivity index (χ0v) is 13.5. The van der Waals surface area contributed by atoms with Gasteiger partial charge in [0.15, 0.2) is 0 Å². The Bertz CT molecular complexity index is 278. The summed E-state index contributed by atoms with van der Waals surface area (Å²) in [7, 11) is 2.19. The Kier molecular flexibility index (Phi) is 6.84. The number of hydrogen-bond donors (Lipinski definition) is 0. The van der Waals surface area contributed by atoms with Crippen LogP contribution in [0.15, 0.2) is 0 Å². The fourth-order valence-electron chi connectivity index (χ4n) is 3.20. The molecule has 0 bridgehead atoms. The van der Waals surface area contributed by atoms with Gasteiger partial charge >= 0.3 is 0 Å². The third-order valence-electron chi connectivity index (χ3n) is 4.24. The van der Waals surface area contributed by atoms with Crippen molar-refractivity contribution in [1.82, 2.24) is 9.80 Å². The summed E-state index contributed by atoms with van der Waals surface area (Å²) in [5.41, 5.74) is 0. The second-order valence-electron chi connectivity index (χ2n) is 6.66. The predicted molar refractivity (Wildman–Crippen MR) is 81.2 cm³/mol. The van der Waals surface area contributed by atoms with Gasteiger partial charge in [0, 0.05) is 25.6 Å². The normalized spacial score (nSPS) is 23.6. The van der Waals surface area contributed by atoms with Gasteiger partial charge in [-0.1, -0.05) is 26.7 Å². The fourth-order valence-corrected chi connectivity index (χ4v) is 3.20. The Morgan fingerprint density at radius 3 is 2.58 bits per heavy atom. The van der Waals surface area contributed by atoms with Crippen molar-refractivity contribution in [2.24, 2.45) is 5.92 Å². The molecule has 0 radical (unpaired) electrons. The Hall–Kier alpha value is -0.570. The number of amides is 1. The quantitative estimate of drug-likeness (QED) is 0.662. The van der Waals surface area contributed by atoms with Gasteiger partial charge in [0.05, 0.1) is 0 Å². The molecular formula is C16H32N2O. The lowest BCUT2D eigenvalue weighted by Gasteiger charge is -2.30. The summed E-state index contributed by atoms with van der Waals surface area (Å²) in [6.45, 7) is 10.6. The zero-order chi connectivity index (χ0) is 14.4. The van der Waals surface area contributed by atoms with E-state index in [0.717, 1.165) is 31.8 Å². The second kappa shape index (κ2) is 7.88. The summed E-state index contributed by atoms with van der Waals surface area (Å²) in [5, 5.41) is 0. The van der Waals surface area contributed by atoms with Crippen LogP contribution in [0.5, 0.6) is 0 Å². The third-order valence-corrected chi connectivity index (χ3v) is 4.24. The van der Waals surface area contributed by atoms with Crippen LogP contribution in [0.3, 0.4) is 0 Å². The van der Waals surface area contributed by atoms with Crippen molar-refractivity contribution in [3.8, 4) is 0 Å². The van der Waals surface area contributed by atoms with E-state index in [9.17, 15) is 4.79 Å². The fraction of sp³-hybridized carbons (Fsp3) is 0.938. The molecular weight excluding hydrogens is 236 g/mol. The van der Waals surface area contributed by atoms with Crippen LogP contribution in [0.25, 0.3) is 0 Å². The molecule has 19 heavy (non-hydrogen) atoms. The molecule has 112 valence electrons. The predicted octanol–water partition coefficient (Wildman–Crippen LogP) is 3.14. The molecule has 0 aromatic heterocycles. The zero-order valence-electron chi connectivity index (χ0n) is 13.5. The molecule has 0 N–H and O–H groups in total. The van der Waals surface area contributed by atoms with Gasteiger partial charge in [-0.2, -0.15) is 0 Å². The van der Waals surface area contributed by atoms with Gasteiger partial charge in [-0.15, -0.1) is 0 Å². The Morgan fingerprint density at radius 1 is 1.32 bits per heavy atom. The number of carbonyl (C=O) groups excluding carboxylic acids is 1. The molecule has 1 fully saturated rings. The maximum atomic E-state index is 11.7. The summed E-state index contributed by atoms with van der Waals surface area (Å²) < 4.78 is 0. The molecule has 1 rings (SSSR count). The number of carbonyl (C=O) groups is 1. The highest BCUT2D eigenvalue weighted by molar-refractivity contribution is 5.74. The number of likely N-dealkylation sites (tertiary alicyclic amines) is 1. The van der Waals surface area contributed by atoms with E-state index in [1.54, 1.807) is 6.92 Å². The minimum Gasteiger partial charge on any atom is -0.336 e. The Balaban J connectivity index is 2.27. The minimum atomic E-state index is 0.239. The maximum Gasteiger partial charge on any atom is 0.219 e. The highest BCUT2D eigenvalue weighted by Crippen LogP contribution is 2.24. The molecule has 0 aromatic rings. The van der Waals surface area contributed by atoms with E-state index in [2.05, 4.69) is 37.6 Å². The highest BCUT2D eigenvalue weighted by atomic mass is 16.2. The molecule has 2 atom stereocenters. The van der Waals surface area contributed by atoms with Crippen molar-refractivity contribution >= 4 is 5.91 Å². The maximum absolute atomic E-state index is 11.7. The van der Waals surface area contributed by atoms with Crippen molar-refractivity contribution in [1.29, 1.82) is 0 Å². The molecule has 0 saturated carbocycles. The first-order chi connectivity index (χ1) is 8.91. The second-order valence-corrected chi connectivity index (χ2v) is 6.66. The minimum absolute atomic E-state index is 0.239. The van der Waals surface area contributed by atoms with Crippen molar-refractivity contribution < 1.29 is 4.79 Å². The molecule has 3 nitrogen and oxygen atoms in total. The van der Waals surface area contributed by atoms with E-state index in [0.29, 0.717) is 12.1 Å². The highest BCUT2D eigenvalue weighted by Gasteiger charge is 2.32. The van der Waals surface area contributed by atoms with Gasteiger partial charge in [0.25, 0.3) is 0 Å². The number of likely N-dealkylation sites (N-methyl/N-ethyl adjacent to an activating group) is 1. The topological polar surface area (TPSA) is 23.6 Å². The number of nitrogens with zero attached hydrogens (tertiary/aromatic N) is 2. The van der Waals surface area contributed by atoms with Crippen LogP contribution < -0.4 is 0 Å². The van der Waals surface area contributed by atoms with E-state index in [-0.39, 0.29) is 5.91 Å². The van der Waals surface area contributed by atoms with Crippen molar-refractivity contribution in [2.45, 2.75) is 71.9 Å². The monoisotopic (exact) mass is 268 g/mol. The van der Waals surface area contributed by atoms with Crippen molar-refractivity contribution in [3.63, 3.8) is 0 Å². The molecule has 0 spiro atoms. The number of rotatable bonds is 7. The third kappa shape index (κ3) is 5.52. The van der Waals surface area contributed by atoms with Gasteiger partial charge in [0.1, 0.15) is 0 Å². The van der Waals surface area contributed by atoms with Crippen LogP contribution in [-0.4, -0.2) is 47.9 Å². The van der Waals surface area contributed by atoms with Gasteiger partial charge < -0.3 is 9.80 Å². The lowest BCUT2D eigenvalue weighted by atomic mass is 10.1. The summed E-state index contributed by atoms with van der Waals surface area (Å²) in [6, 6.07) is 0.861. The molecule has 1 aliphatic rings. The van der Waals surface area contributed by atoms with Crippen LogP contribution in [0.1, 0.15) is 59.8 Å². The van der Waals surface area contributed by atoms with Crippen LogP contribution in [0, 0.1) is 5.92 Å². The summed E-state index contributed by atoms with van der Waals surface area (Å²) in [6.07, 6.45) is 6.24. The van der Waals surface area contributed by atoms with Crippen LogP contribution in [0.4, 0.5) is 0 Å². The summed E-state index contributed by atoms with van der Waals surface area (Å²) >= 11 is 0. The number of hydrogen-bond acceptors (Lipinski definition) is 2. The Morgan fingerprint density at radius 2 is 2.00 bits per heavy atom. The molecule has 1 aliphatic heterocycles. The Labute approximate surface area is 119 Å². The lowest BCUT2D eigenvalue weighted by Crippen LogP contribution is -2.44. The van der Waals surface area contributed by atoms with Crippen LogP contribution in [-0.2, 0) is 4.79 Å². The van der Waals surface area contributed by atoms with Crippen LogP contribution in [0.2, 0.25) is 0 Å². The smallest absolute Gasteiger partial charge is 0.219 e. The standard InChI is InChI=1S/C16H32N2O/c1-13(2)8-6-7-11-17(5)12-16-10-9-14(3)18(16)15(4)19/h13-14,16H,6-12H2,1-5H3/t14-,16-/m1/s1. The molecule has 0 aliphatic carbocycles. The van der Waals surface area contributed by atoms with E-state index in [4.69, 9.17) is 0 Å². The molecule has 1 amide bonds. The van der Waals surface area contributed by atoms with E-state index < -0.39 is 0 Å². The van der Waals surface area contributed by atoms with Gasteiger partial charge in [-0.25, -0.2) is 0 Å². The molecule has 0 unspecified atom stereocenters. The molecule has 3 heteroatoms. The van der Waals surface area contributed by atoms with Gasteiger partial charge in [-0.05, 0) is 45.7 Å². The van der Waals surface area contributed by atoms with E-state index in [1.807, 2.05) is 0 Å². The average molecular weight is 268 g/mol. The summed E-state index contributed by atoms with van der Waals surface area (Å²) in [4.78, 5) is 16.2. The number of unbranched alkanes of at least 4 members (excludes halogenated alkanes) is 1. The molecule has 1 saturated heterocycles. The first kappa shape index (κ1) is 16.5. The van der Waals surface area contributed by atoms with Gasteiger partial charge in [0.2, 0.25) is 5.91 Å². The lowest BCUT2D eigenvalue weighted by molar-refractivity contribution is -0.131. The van der Waals surface area contributed by atoms with Gasteiger partial charge in [-0.3, -0.25) is 4.79 Å². The van der Waals surface area contributed by atoms with Crippen molar-refractivity contribution in [3.05, 3.63) is 0 Å². The van der Waals surface area contributed by atoms with Crippen molar-refractivity contribution in [2.75, 3.05) is 20.1 Å². The average Bonchev–Trinajstić information content (AvgIpc) is 2.65. The molecule has 0 aromatic carbocycles. The largest absolute Gasteiger partial charge is 0.336 e. The summed E-state index contributed by atoms with van der Waals surface area (Å²) in [5.74, 6) is 1.05. The molecule has 1 heterocycles. The SMILES string of the molecule is CC(=O)N1[C@@H](CN(C)CCCCC(C)C)CC[C@H]1C. The van der Waals surface area contributed by atoms with E-state index in [1.165, 1.54) is 19.3 Å². The first-order valence-electron chi connectivity index (χ1n) is 7.89. The van der Waals surface area contributed by atoms with E-state index >= 15 is 0 Å².